The molecule has 0 aromatic carbocycles. The molecule has 0 aliphatic heterocycles. The fourth-order valence-electron chi connectivity index (χ4n) is 1.86. The first-order chi connectivity index (χ1) is 7.66. The van der Waals surface area contributed by atoms with Gasteiger partial charge in [-0.25, -0.2) is 14.8 Å². The van der Waals surface area contributed by atoms with Crippen molar-refractivity contribution in [1.82, 2.24) is 14.4 Å². The van der Waals surface area contributed by atoms with Gasteiger partial charge in [0.2, 0.25) is 0 Å². The van der Waals surface area contributed by atoms with Crippen LogP contribution < -0.4 is 0 Å². The fraction of sp³-hybridized carbons (Fsp3) is 0.364. The fourth-order valence-corrected chi connectivity index (χ4v) is 1.86. The van der Waals surface area contributed by atoms with Crippen LogP contribution in [0.25, 0.3) is 5.65 Å². The highest BCUT2D eigenvalue weighted by atomic mass is 16.4. The number of aryl methyl sites for hydroxylation is 1. The van der Waals surface area contributed by atoms with Crippen LogP contribution in [0.1, 0.15) is 40.6 Å². The Morgan fingerprint density at radius 1 is 1.56 bits per heavy atom. The lowest BCUT2D eigenvalue weighted by Crippen LogP contribution is -1.99. The Hall–Kier alpha value is -1.91. The smallest absolute Gasteiger partial charge is 0.358 e. The Balaban J connectivity index is 2.32. The number of aromatic nitrogens is 3. The molecule has 1 aliphatic carbocycles. The monoisotopic (exact) mass is 217 g/mol. The summed E-state index contributed by atoms with van der Waals surface area (Å²) in [6.45, 7) is 1.93. The maximum Gasteiger partial charge on any atom is 0.358 e. The zero-order chi connectivity index (χ0) is 11.3. The van der Waals surface area contributed by atoms with Gasteiger partial charge in [0.15, 0.2) is 11.3 Å². The largest absolute Gasteiger partial charge is 0.476 e. The zero-order valence-corrected chi connectivity index (χ0v) is 8.84. The van der Waals surface area contributed by atoms with Gasteiger partial charge in [-0.3, -0.25) is 4.40 Å². The van der Waals surface area contributed by atoms with Crippen LogP contribution in [-0.4, -0.2) is 25.4 Å². The Bertz CT molecular complexity index is 584. The van der Waals surface area contributed by atoms with Gasteiger partial charge in [0.25, 0.3) is 0 Å². The predicted octanol–water partition coefficient (Wildman–Crippen LogP) is 1.61. The van der Waals surface area contributed by atoms with E-state index in [0.717, 1.165) is 24.2 Å². The highest BCUT2D eigenvalue weighted by molar-refractivity contribution is 5.92. The van der Waals surface area contributed by atoms with E-state index < -0.39 is 5.97 Å². The van der Waals surface area contributed by atoms with Gasteiger partial charge in [-0.15, -0.1) is 0 Å². The maximum absolute atomic E-state index is 11.0. The summed E-state index contributed by atoms with van der Waals surface area (Å²) in [5, 5.41) is 9.05. The molecule has 0 saturated heterocycles. The van der Waals surface area contributed by atoms with Gasteiger partial charge in [0, 0.05) is 18.3 Å². The number of rotatable bonds is 2. The third kappa shape index (κ3) is 1.28. The third-order valence-corrected chi connectivity index (χ3v) is 2.78. The summed E-state index contributed by atoms with van der Waals surface area (Å²) in [7, 11) is 0. The molecular weight excluding hydrogens is 206 g/mol. The molecule has 1 saturated carbocycles. The van der Waals surface area contributed by atoms with E-state index in [0.29, 0.717) is 11.6 Å². The molecule has 16 heavy (non-hydrogen) atoms. The number of carbonyl (C=O) groups is 1. The van der Waals surface area contributed by atoms with Crippen molar-refractivity contribution in [1.29, 1.82) is 0 Å². The third-order valence-electron chi connectivity index (χ3n) is 2.78. The van der Waals surface area contributed by atoms with E-state index in [2.05, 4.69) is 9.97 Å². The van der Waals surface area contributed by atoms with Crippen molar-refractivity contribution < 1.29 is 9.90 Å². The summed E-state index contributed by atoms with van der Waals surface area (Å²) in [5.41, 5.74) is 1.51. The molecule has 1 aliphatic rings. The Labute approximate surface area is 91.8 Å². The first-order valence-electron chi connectivity index (χ1n) is 5.24. The number of carboxylic acid groups (broad SMARTS) is 1. The highest BCUT2D eigenvalue weighted by Crippen LogP contribution is 2.39. The minimum absolute atomic E-state index is 0.0573. The summed E-state index contributed by atoms with van der Waals surface area (Å²) in [6, 6.07) is 0. The SMILES string of the molecule is Cc1cnc2c(C(=O)O)nc(C3CC3)n2c1. The van der Waals surface area contributed by atoms with Gasteiger partial charge in [0.05, 0.1) is 0 Å². The molecule has 0 unspecified atom stereocenters. The van der Waals surface area contributed by atoms with Crippen LogP contribution in [0.4, 0.5) is 0 Å². The van der Waals surface area contributed by atoms with E-state index >= 15 is 0 Å². The minimum Gasteiger partial charge on any atom is -0.476 e. The highest BCUT2D eigenvalue weighted by Gasteiger charge is 2.30. The number of fused-ring (bicyclic) bond motifs is 1. The van der Waals surface area contributed by atoms with Gasteiger partial charge in [-0.05, 0) is 25.3 Å². The van der Waals surface area contributed by atoms with Crippen molar-refractivity contribution in [3.8, 4) is 0 Å². The normalized spacial score (nSPS) is 15.6. The molecule has 0 radical (unpaired) electrons. The van der Waals surface area contributed by atoms with Crippen LogP contribution >= 0.6 is 0 Å². The lowest BCUT2D eigenvalue weighted by molar-refractivity contribution is 0.0693. The predicted molar refractivity (Wildman–Crippen MR) is 56.7 cm³/mol. The van der Waals surface area contributed by atoms with Crippen molar-refractivity contribution >= 4 is 11.6 Å². The number of imidazole rings is 1. The van der Waals surface area contributed by atoms with E-state index in [1.54, 1.807) is 6.20 Å². The molecule has 0 bridgehead atoms. The molecule has 0 atom stereocenters. The first-order valence-corrected chi connectivity index (χ1v) is 5.24. The van der Waals surface area contributed by atoms with Gasteiger partial charge in [-0.2, -0.15) is 0 Å². The van der Waals surface area contributed by atoms with E-state index in [4.69, 9.17) is 5.11 Å². The maximum atomic E-state index is 11.0. The molecule has 5 heteroatoms. The number of hydrogen-bond donors (Lipinski definition) is 1. The number of aromatic carboxylic acids is 1. The van der Waals surface area contributed by atoms with Crippen molar-refractivity contribution in [3.63, 3.8) is 0 Å². The molecule has 5 nitrogen and oxygen atoms in total. The van der Waals surface area contributed by atoms with E-state index in [-0.39, 0.29) is 5.69 Å². The number of hydrogen-bond acceptors (Lipinski definition) is 3. The van der Waals surface area contributed by atoms with Crippen molar-refractivity contribution in [2.24, 2.45) is 0 Å². The molecule has 3 rings (SSSR count). The average Bonchev–Trinajstić information content (AvgIpc) is 3.00. The Morgan fingerprint density at radius 2 is 2.31 bits per heavy atom. The lowest BCUT2D eigenvalue weighted by atomic mass is 10.3. The minimum atomic E-state index is -1.01. The molecule has 2 aromatic rings. The molecule has 2 heterocycles. The summed E-state index contributed by atoms with van der Waals surface area (Å²) in [4.78, 5) is 19.4. The second-order valence-corrected chi connectivity index (χ2v) is 4.22. The summed E-state index contributed by atoms with van der Waals surface area (Å²) >= 11 is 0. The van der Waals surface area contributed by atoms with Gasteiger partial charge >= 0.3 is 5.97 Å². The molecular formula is C11H11N3O2. The van der Waals surface area contributed by atoms with E-state index in [1.165, 1.54) is 0 Å². The van der Waals surface area contributed by atoms with Crippen molar-refractivity contribution in [2.45, 2.75) is 25.7 Å². The second-order valence-electron chi connectivity index (χ2n) is 4.22. The molecule has 0 amide bonds. The zero-order valence-electron chi connectivity index (χ0n) is 8.84. The topological polar surface area (TPSA) is 67.5 Å². The van der Waals surface area contributed by atoms with Crippen molar-refractivity contribution in [2.75, 3.05) is 0 Å². The van der Waals surface area contributed by atoms with E-state index in [1.807, 2.05) is 17.5 Å². The van der Waals surface area contributed by atoms with Gasteiger partial charge in [0.1, 0.15) is 5.82 Å². The van der Waals surface area contributed by atoms with Crippen LogP contribution in [-0.2, 0) is 0 Å². The Morgan fingerprint density at radius 3 is 2.94 bits per heavy atom. The molecule has 1 fully saturated rings. The van der Waals surface area contributed by atoms with E-state index in [9.17, 15) is 4.79 Å². The van der Waals surface area contributed by atoms with Crippen molar-refractivity contribution in [3.05, 3.63) is 29.5 Å². The summed E-state index contributed by atoms with van der Waals surface area (Å²) in [6.07, 6.45) is 5.74. The standard InChI is InChI=1S/C11H11N3O2/c1-6-4-12-10-8(11(15)16)13-9(7-2-3-7)14(10)5-6/h4-5,7H,2-3H2,1H3,(H,15,16). The molecule has 1 N–H and O–H groups in total. The molecule has 82 valence electrons. The van der Waals surface area contributed by atoms with Crippen LogP contribution in [0.2, 0.25) is 0 Å². The second kappa shape index (κ2) is 3.04. The summed E-state index contributed by atoms with van der Waals surface area (Å²) in [5.74, 6) is 0.230. The molecule has 0 spiro atoms. The quantitative estimate of drug-likeness (QED) is 0.829. The van der Waals surface area contributed by atoms with Crippen LogP contribution in [0.15, 0.2) is 12.4 Å². The number of nitrogens with zero attached hydrogens (tertiary/aromatic N) is 3. The van der Waals surface area contributed by atoms with Crippen LogP contribution in [0, 0.1) is 6.92 Å². The molecule has 2 aromatic heterocycles. The van der Waals surface area contributed by atoms with Gasteiger partial charge < -0.3 is 5.11 Å². The average molecular weight is 217 g/mol. The Kier molecular flexibility index (Phi) is 1.77. The van der Waals surface area contributed by atoms with Crippen LogP contribution in [0.3, 0.4) is 0 Å². The van der Waals surface area contributed by atoms with Gasteiger partial charge in [-0.1, -0.05) is 0 Å². The van der Waals surface area contributed by atoms with Crippen LogP contribution in [0.5, 0.6) is 0 Å². The first kappa shape index (κ1) is 9.33. The number of carboxylic acids is 1. The lowest BCUT2D eigenvalue weighted by Gasteiger charge is -1.99. The summed E-state index contributed by atoms with van der Waals surface area (Å²) < 4.78 is 1.82.